The molecule has 3 heteroatoms. The largest absolute Gasteiger partial charge is 0.339 e. The Balaban J connectivity index is 2.19. The number of likely N-dealkylation sites (tertiary alicyclic amines) is 1. The molecule has 1 aliphatic rings. The maximum Gasteiger partial charge on any atom is 0.254 e. The van der Waals surface area contributed by atoms with Crippen LogP contribution in [0.1, 0.15) is 35.2 Å². The first-order chi connectivity index (χ1) is 7.83. The molecule has 3 nitrogen and oxygen atoms in total. The number of nitrogens with zero attached hydrogens (tertiary/aromatic N) is 1. The van der Waals surface area contributed by atoms with Crippen molar-refractivity contribution in [3.05, 3.63) is 35.4 Å². The van der Waals surface area contributed by atoms with Crippen LogP contribution in [-0.2, 0) is 6.54 Å². The fraction of sp³-hybridized carbons (Fsp3) is 0.462. The molecule has 1 heterocycles. The van der Waals surface area contributed by atoms with E-state index >= 15 is 0 Å². The minimum absolute atomic E-state index is 0.140. The maximum absolute atomic E-state index is 12.2. The first-order valence-corrected chi connectivity index (χ1v) is 5.90. The van der Waals surface area contributed by atoms with Crippen LogP contribution >= 0.6 is 0 Å². The van der Waals surface area contributed by atoms with Gasteiger partial charge in [-0.25, -0.2) is 0 Å². The summed E-state index contributed by atoms with van der Waals surface area (Å²) in [6, 6.07) is 7.63. The summed E-state index contributed by atoms with van der Waals surface area (Å²) in [6.07, 6.45) is 3.48. The van der Waals surface area contributed by atoms with Crippen LogP contribution in [0.2, 0.25) is 0 Å². The summed E-state index contributed by atoms with van der Waals surface area (Å²) in [5.41, 5.74) is 7.36. The second kappa shape index (κ2) is 5.12. The fourth-order valence-corrected chi connectivity index (χ4v) is 2.17. The molecule has 0 aliphatic carbocycles. The standard InChI is InChI=1S/C13H18N2O/c14-10-11-6-2-3-7-12(11)13(16)15-8-4-1-5-9-15/h2-3,6-7H,1,4-5,8-10,14H2. The molecule has 0 unspecified atom stereocenters. The van der Waals surface area contributed by atoms with Gasteiger partial charge in [0, 0.05) is 25.2 Å². The molecule has 0 bridgehead atoms. The van der Waals surface area contributed by atoms with Crippen molar-refractivity contribution in [3.8, 4) is 0 Å². The minimum atomic E-state index is 0.140. The number of carbonyl (C=O) groups is 1. The highest BCUT2D eigenvalue weighted by Crippen LogP contribution is 2.15. The van der Waals surface area contributed by atoms with Gasteiger partial charge in [-0.3, -0.25) is 4.79 Å². The van der Waals surface area contributed by atoms with Crippen LogP contribution in [0.4, 0.5) is 0 Å². The SMILES string of the molecule is NCc1ccccc1C(=O)N1CCCCC1. The number of rotatable bonds is 2. The fourth-order valence-electron chi connectivity index (χ4n) is 2.17. The first-order valence-electron chi connectivity index (χ1n) is 5.90. The number of carbonyl (C=O) groups excluding carboxylic acids is 1. The van der Waals surface area contributed by atoms with E-state index in [1.54, 1.807) is 0 Å². The van der Waals surface area contributed by atoms with Gasteiger partial charge >= 0.3 is 0 Å². The zero-order chi connectivity index (χ0) is 11.4. The van der Waals surface area contributed by atoms with Crippen molar-refractivity contribution in [2.45, 2.75) is 25.8 Å². The summed E-state index contributed by atoms with van der Waals surface area (Å²) < 4.78 is 0. The Hall–Kier alpha value is -1.35. The number of nitrogens with two attached hydrogens (primary N) is 1. The molecule has 0 atom stereocenters. The lowest BCUT2D eigenvalue weighted by molar-refractivity contribution is 0.0723. The Morgan fingerprint density at radius 3 is 2.56 bits per heavy atom. The lowest BCUT2D eigenvalue weighted by Crippen LogP contribution is -2.36. The third-order valence-corrected chi connectivity index (χ3v) is 3.11. The van der Waals surface area contributed by atoms with E-state index in [1.807, 2.05) is 29.2 Å². The number of benzene rings is 1. The highest BCUT2D eigenvalue weighted by atomic mass is 16.2. The van der Waals surface area contributed by atoms with Gasteiger partial charge < -0.3 is 10.6 Å². The Labute approximate surface area is 96.2 Å². The Kier molecular flexibility index (Phi) is 3.57. The van der Waals surface area contributed by atoms with Gasteiger partial charge in [0.1, 0.15) is 0 Å². The number of amides is 1. The van der Waals surface area contributed by atoms with Crippen molar-refractivity contribution in [1.82, 2.24) is 4.90 Å². The molecule has 1 saturated heterocycles. The van der Waals surface area contributed by atoms with Crippen LogP contribution < -0.4 is 5.73 Å². The van der Waals surface area contributed by atoms with E-state index in [-0.39, 0.29) is 5.91 Å². The third-order valence-electron chi connectivity index (χ3n) is 3.11. The second-order valence-electron chi connectivity index (χ2n) is 4.21. The average molecular weight is 218 g/mol. The van der Waals surface area contributed by atoms with Crippen LogP contribution in [0.3, 0.4) is 0 Å². The van der Waals surface area contributed by atoms with Gasteiger partial charge in [-0.15, -0.1) is 0 Å². The monoisotopic (exact) mass is 218 g/mol. The first kappa shape index (κ1) is 11.1. The summed E-state index contributed by atoms with van der Waals surface area (Å²) in [5.74, 6) is 0.140. The third kappa shape index (κ3) is 2.25. The van der Waals surface area contributed by atoms with Crippen molar-refractivity contribution in [2.75, 3.05) is 13.1 Å². The molecule has 1 aromatic carbocycles. The zero-order valence-corrected chi connectivity index (χ0v) is 9.48. The van der Waals surface area contributed by atoms with Crippen LogP contribution in [0.5, 0.6) is 0 Å². The molecule has 0 spiro atoms. The average Bonchev–Trinajstić information content (AvgIpc) is 2.39. The molecule has 86 valence electrons. The van der Waals surface area contributed by atoms with E-state index in [4.69, 9.17) is 5.73 Å². The lowest BCUT2D eigenvalue weighted by atomic mass is 10.0. The van der Waals surface area contributed by atoms with Crippen LogP contribution in [0.25, 0.3) is 0 Å². The van der Waals surface area contributed by atoms with Crippen molar-refractivity contribution in [2.24, 2.45) is 5.73 Å². The summed E-state index contributed by atoms with van der Waals surface area (Å²) in [6.45, 7) is 2.20. The van der Waals surface area contributed by atoms with Crippen molar-refractivity contribution < 1.29 is 4.79 Å². The molecule has 2 N–H and O–H groups in total. The molecule has 0 saturated carbocycles. The second-order valence-corrected chi connectivity index (χ2v) is 4.21. The van der Waals surface area contributed by atoms with Crippen LogP contribution in [0, 0.1) is 0 Å². The van der Waals surface area contributed by atoms with Crippen molar-refractivity contribution >= 4 is 5.91 Å². The van der Waals surface area contributed by atoms with Gasteiger partial charge in [0.25, 0.3) is 5.91 Å². The van der Waals surface area contributed by atoms with Gasteiger partial charge in [-0.05, 0) is 30.9 Å². The van der Waals surface area contributed by atoms with E-state index in [9.17, 15) is 4.79 Å². The van der Waals surface area contributed by atoms with E-state index < -0.39 is 0 Å². The van der Waals surface area contributed by atoms with Gasteiger partial charge in [-0.2, -0.15) is 0 Å². The van der Waals surface area contributed by atoms with Gasteiger partial charge in [0.05, 0.1) is 0 Å². The molecule has 2 rings (SSSR count). The number of hydrogen-bond donors (Lipinski definition) is 1. The highest BCUT2D eigenvalue weighted by Gasteiger charge is 2.19. The minimum Gasteiger partial charge on any atom is -0.339 e. The molecular weight excluding hydrogens is 200 g/mol. The Morgan fingerprint density at radius 1 is 1.19 bits per heavy atom. The van der Waals surface area contributed by atoms with Crippen molar-refractivity contribution in [3.63, 3.8) is 0 Å². The predicted octanol–water partition coefficient (Wildman–Crippen LogP) is 1.77. The smallest absolute Gasteiger partial charge is 0.254 e. The molecule has 0 radical (unpaired) electrons. The Bertz CT molecular complexity index is 370. The van der Waals surface area contributed by atoms with Gasteiger partial charge in [0.15, 0.2) is 0 Å². The number of piperidine rings is 1. The summed E-state index contributed by atoms with van der Waals surface area (Å²) >= 11 is 0. The van der Waals surface area contributed by atoms with E-state index in [2.05, 4.69) is 0 Å². The maximum atomic E-state index is 12.2. The molecule has 1 aliphatic heterocycles. The van der Waals surface area contributed by atoms with Crippen molar-refractivity contribution in [1.29, 1.82) is 0 Å². The molecule has 16 heavy (non-hydrogen) atoms. The summed E-state index contributed by atoms with van der Waals surface area (Å²) in [5, 5.41) is 0. The predicted molar refractivity (Wildman–Crippen MR) is 64.1 cm³/mol. The highest BCUT2D eigenvalue weighted by molar-refractivity contribution is 5.95. The normalized spacial score (nSPS) is 16.2. The zero-order valence-electron chi connectivity index (χ0n) is 9.48. The van der Waals surface area contributed by atoms with E-state index in [0.717, 1.165) is 37.1 Å². The van der Waals surface area contributed by atoms with E-state index in [0.29, 0.717) is 6.54 Å². The van der Waals surface area contributed by atoms with Crippen LogP contribution in [0.15, 0.2) is 24.3 Å². The Morgan fingerprint density at radius 2 is 1.88 bits per heavy atom. The summed E-state index contributed by atoms with van der Waals surface area (Å²) in [7, 11) is 0. The molecule has 1 aromatic rings. The topological polar surface area (TPSA) is 46.3 Å². The van der Waals surface area contributed by atoms with E-state index in [1.165, 1.54) is 6.42 Å². The molecule has 1 amide bonds. The molecule has 1 fully saturated rings. The quantitative estimate of drug-likeness (QED) is 0.822. The number of hydrogen-bond acceptors (Lipinski definition) is 2. The molecule has 0 aromatic heterocycles. The lowest BCUT2D eigenvalue weighted by Gasteiger charge is -2.27. The van der Waals surface area contributed by atoms with Gasteiger partial charge in [0.2, 0.25) is 0 Å². The van der Waals surface area contributed by atoms with Gasteiger partial charge in [-0.1, -0.05) is 18.2 Å². The molecular formula is C13H18N2O. The summed E-state index contributed by atoms with van der Waals surface area (Å²) in [4.78, 5) is 14.2. The van der Waals surface area contributed by atoms with Crippen LogP contribution in [-0.4, -0.2) is 23.9 Å².